The Balaban J connectivity index is 2.76. The molecule has 0 spiro atoms. The number of anilines is 1. The van der Waals surface area contributed by atoms with Gasteiger partial charge >= 0.3 is 6.09 Å². The first-order chi connectivity index (χ1) is 9.40. The number of nitrogen functional groups attached to an aromatic ring is 1. The average molecular weight is 279 g/mol. The van der Waals surface area contributed by atoms with Crippen LogP contribution in [0.15, 0.2) is 24.3 Å². The molecule has 0 saturated carbocycles. The van der Waals surface area contributed by atoms with Gasteiger partial charge in [0.2, 0.25) is 5.91 Å². The number of hydrogen-bond acceptors (Lipinski definition) is 4. The predicted octanol–water partition coefficient (Wildman–Crippen LogP) is 1.35. The largest absolute Gasteiger partial charge is 0.449 e. The van der Waals surface area contributed by atoms with Crippen LogP contribution in [-0.4, -0.2) is 30.1 Å². The molecule has 0 unspecified atom stereocenters. The molecule has 0 atom stereocenters. The van der Waals surface area contributed by atoms with Gasteiger partial charge in [0.1, 0.15) is 6.54 Å². The van der Waals surface area contributed by atoms with Gasteiger partial charge in [0.15, 0.2) is 0 Å². The molecule has 0 aromatic heterocycles. The third-order valence-corrected chi connectivity index (χ3v) is 2.56. The second kappa shape index (κ2) is 7.37. The van der Waals surface area contributed by atoms with Crippen LogP contribution in [0.2, 0.25) is 0 Å². The molecule has 0 fully saturated rings. The average Bonchev–Trinajstić information content (AvgIpc) is 2.37. The van der Waals surface area contributed by atoms with E-state index in [0.717, 1.165) is 5.56 Å². The lowest BCUT2D eigenvalue weighted by Crippen LogP contribution is -2.38. The van der Waals surface area contributed by atoms with Gasteiger partial charge in [0.05, 0.1) is 13.2 Å². The topological polar surface area (TPSA) is 98.6 Å². The van der Waals surface area contributed by atoms with Gasteiger partial charge in [-0.05, 0) is 17.5 Å². The minimum Gasteiger partial charge on any atom is -0.449 e. The van der Waals surface area contributed by atoms with Crippen LogP contribution in [-0.2, 0) is 16.1 Å². The zero-order valence-electron chi connectivity index (χ0n) is 11.8. The third-order valence-electron chi connectivity index (χ3n) is 2.56. The van der Waals surface area contributed by atoms with Crippen LogP contribution in [0.3, 0.4) is 0 Å². The summed E-state index contributed by atoms with van der Waals surface area (Å²) in [6.45, 7) is 4.14. The molecule has 1 aromatic carbocycles. The fraction of sp³-hybridized carbons (Fsp3) is 0.429. The van der Waals surface area contributed by atoms with Crippen LogP contribution in [0.5, 0.6) is 0 Å². The molecule has 0 bridgehead atoms. The van der Waals surface area contributed by atoms with Crippen molar-refractivity contribution in [2.24, 2.45) is 11.7 Å². The van der Waals surface area contributed by atoms with Gasteiger partial charge in [-0.15, -0.1) is 0 Å². The lowest BCUT2D eigenvalue weighted by atomic mass is 10.1. The summed E-state index contributed by atoms with van der Waals surface area (Å²) in [7, 11) is 0. The van der Waals surface area contributed by atoms with Crippen molar-refractivity contribution in [1.29, 1.82) is 0 Å². The summed E-state index contributed by atoms with van der Waals surface area (Å²) in [6.07, 6.45) is -0.569. The summed E-state index contributed by atoms with van der Waals surface area (Å²) < 4.78 is 5.12. The molecule has 0 saturated heterocycles. The quantitative estimate of drug-likeness (QED) is 0.768. The van der Waals surface area contributed by atoms with Crippen molar-refractivity contribution < 1.29 is 14.3 Å². The normalized spacial score (nSPS) is 10.3. The monoisotopic (exact) mass is 279 g/mol. The van der Waals surface area contributed by atoms with Gasteiger partial charge in [-0.3, -0.25) is 9.69 Å². The molecule has 20 heavy (non-hydrogen) atoms. The number of carbonyl (C=O) groups is 2. The van der Waals surface area contributed by atoms with Crippen molar-refractivity contribution in [2.75, 3.05) is 18.9 Å². The molecule has 1 rings (SSSR count). The number of nitrogens with two attached hydrogens (primary N) is 2. The molecule has 0 heterocycles. The van der Waals surface area contributed by atoms with Crippen molar-refractivity contribution >= 4 is 17.7 Å². The second-order valence-corrected chi connectivity index (χ2v) is 4.99. The van der Waals surface area contributed by atoms with E-state index in [4.69, 9.17) is 16.2 Å². The number of hydrogen-bond donors (Lipinski definition) is 2. The molecule has 0 aliphatic carbocycles. The molecule has 2 amide bonds. The molecule has 110 valence electrons. The Hall–Kier alpha value is -2.24. The van der Waals surface area contributed by atoms with Crippen LogP contribution in [0.25, 0.3) is 0 Å². The van der Waals surface area contributed by atoms with Crippen molar-refractivity contribution in [3.8, 4) is 0 Å². The molecule has 0 radical (unpaired) electrons. The van der Waals surface area contributed by atoms with Gasteiger partial charge in [-0.2, -0.15) is 0 Å². The molecule has 0 aliphatic heterocycles. The van der Waals surface area contributed by atoms with E-state index in [1.807, 2.05) is 19.9 Å². The van der Waals surface area contributed by atoms with E-state index in [9.17, 15) is 9.59 Å². The van der Waals surface area contributed by atoms with Gasteiger partial charge in [-0.1, -0.05) is 32.0 Å². The highest BCUT2D eigenvalue weighted by molar-refractivity contribution is 5.80. The molecular weight excluding hydrogens is 258 g/mol. The Morgan fingerprint density at radius 3 is 2.50 bits per heavy atom. The van der Waals surface area contributed by atoms with Gasteiger partial charge < -0.3 is 16.2 Å². The maximum atomic E-state index is 12.0. The maximum absolute atomic E-state index is 12.0. The summed E-state index contributed by atoms with van der Waals surface area (Å²) in [5.74, 6) is -0.378. The lowest BCUT2D eigenvalue weighted by molar-refractivity contribution is -0.119. The first kappa shape index (κ1) is 15.8. The van der Waals surface area contributed by atoms with Crippen LogP contribution >= 0.6 is 0 Å². The zero-order chi connectivity index (χ0) is 15.1. The Kier molecular flexibility index (Phi) is 5.83. The van der Waals surface area contributed by atoms with E-state index >= 15 is 0 Å². The minimum atomic E-state index is -0.596. The number of carbonyl (C=O) groups excluding carboxylic acids is 2. The molecule has 6 heteroatoms. The molecule has 4 N–H and O–H groups in total. The zero-order valence-corrected chi connectivity index (χ0v) is 11.8. The number of ether oxygens (including phenoxy) is 1. The Morgan fingerprint density at radius 2 is 1.95 bits per heavy atom. The summed E-state index contributed by atoms with van der Waals surface area (Å²) in [5, 5.41) is 0. The SMILES string of the molecule is CC(C)COC(=O)N(CC(N)=O)Cc1ccccc1N. The van der Waals surface area contributed by atoms with E-state index in [1.165, 1.54) is 4.90 Å². The smallest absolute Gasteiger partial charge is 0.410 e. The molecular formula is C14H21N3O3. The first-order valence-corrected chi connectivity index (χ1v) is 6.43. The highest BCUT2D eigenvalue weighted by atomic mass is 16.6. The van der Waals surface area contributed by atoms with Crippen molar-refractivity contribution in [3.05, 3.63) is 29.8 Å². The number of nitrogens with zero attached hydrogens (tertiary/aromatic N) is 1. The summed E-state index contributed by atoms with van der Waals surface area (Å²) >= 11 is 0. The molecule has 0 aliphatic rings. The van der Waals surface area contributed by atoms with E-state index in [0.29, 0.717) is 12.3 Å². The van der Waals surface area contributed by atoms with Crippen LogP contribution < -0.4 is 11.5 Å². The summed E-state index contributed by atoms with van der Waals surface area (Å²) in [4.78, 5) is 24.3. The lowest BCUT2D eigenvalue weighted by Gasteiger charge is -2.22. The molecule has 6 nitrogen and oxygen atoms in total. The van der Waals surface area contributed by atoms with E-state index < -0.39 is 12.0 Å². The fourth-order valence-electron chi connectivity index (χ4n) is 1.59. The number of rotatable bonds is 6. The minimum absolute atomic E-state index is 0.187. The number of amides is 2. The summed E-state index contributed by atoms with van der Waals surface area (Å²) in [6, 6.07) is 7.14. The summed E-state index contributed by atoms with van der Waals surface area (Å²) in [5.41, 5.74) is 12.3. The number of primary amides is 1. The standard InChI is InChI=1S/C14H21N3O3/c1-10(2)9-20-14(19)17(8-13(16)18)7-11-5-3-4-6-12(11)15/h3-6,10H,7-9,15H2,1-2H3,(H2,16,18). The third kappa shape index (κ3) is 5.17. The van der Waals surface area contributed by atoms with Gasteiger partial charge in [-0.25, -0.2) is 4.79 Å². The van der Waals surface area contributed by atoms with Crippen molar-refractivity contribution in [2.45, 2.75) is 20.4 Å². The van der Waals surface area contributed by atoms with E-state index in [2.05, 4.69) is 0 Å². The van der Waals surface area contributed by atoms with Gasteiger partial charge in [0, 0.05) is 5.69 Å². The maximum Gasteiger partial charge on any atom is 0.410 e. The van der Waals surface area contributed by atoms with Gasteiger partial charge in [0.25, 0.3) is 0 Å². The predicted molar refractivity (Wildman–Crippen MR) is 76.6 cm³/mol. The highest BCUT2D eigenvalue weighted by Gasteiger charge is 2.19. The van der Waals surface area contributed by atoms with Crippen LogP contribution in [0, 0.1) is 5.92 Å². The van der Waals surface area contributed by atoms with E-state index in [1.54, 1.807) is 18.2 Å². The van der Waals surface area contributed by atoms with Crippen LogP contribution in [0.4, 0.5) is 10.5 Å². The van der Waals surface area contributed by atoms with Crippen LogP contribution in [0.1, 0.15) is 19.4 Å². The number of benzene rings is 1. The first-order valence-electron chi connectivity index (χ1n) is 6.43. The Morgan fingerprint density at radius 1 is 1.30 bits per heavy atom. The molecule has 1 aromatic rings. The highest BCUT2D eigenvalue weighted by Crippen LogP contribution is 2.14. The van der Waals surface area contributed by atoms with E-state index in [-0.39, 0.29) is 19.0 Å². The van der Waals surface area contributed by atoms with Crippen molar-refractivity contribution in [1.82, 2.24) is 4.90 Å². The Bertz CT molecular complexity index is 474. The number of para-hydroxylation sites is 1. The fourth-order valence-corrected chi connectivity index (χ4v) is 1.59. The van der Waals surface area contributed by atoms with Crippen molar-refractivity contribution in [3.63, 3.8) is 0 Å². The Labute approximate surface area is 118 Å². The second-order valence-electron chi connectivity index (χ2n) is 4.99.